The highest BCUT2D eigenvalue weighted by Crippen LogP contribution is 2.57. The fraction of sp³-hybridized carbons (Fsp3) is 0.333. The number of anilines is 2. The molecule has 2 aliphatic rings. The van der Waals surface area contributed by atoms with Crippen LogP contribution in [-0.4, -0.2) is 33.9 Å². The van der Waals surface area contributed by atoms with Gasteiger partial charge < -0.3 is 10.2 Å². The number of carbonyl (C=O) groups excluding carboxylic acids is 1. The lowest BCUT2D eigenvalue weighted by Crippen LogP contribution is -2.24. The van der Waals surface area contributed by atoms with Crippen molar-refractivity contribution < 1.29 is 4.79 Å². The molecule has 1 spiro atoms. The van der Waals surface area contributed by atoms with E-state index in [1.807, 2.05) is 49.6 Å². The van der Waals surface area contributed by atoms with Gasteiger partial charge in [0.25, 0.3) is 5.91 Å². The molecule has 1 fully saturated rings. The van der Waals surface area contributed by atoms with Crippen molar-refractivity contribution >= 4 is 17.5 Å². The molecule has 152 valence electrons. The Bertz CT molecular complexity index is 1100. The quantitative estimate of drug-likeness (QED) is 0.697. The van der Waals surface area contributed by atoms with Crippen LogP contribution in [0.25, 0.3) is 11.3 Å². The molecule has 3 aromatic rings. The molecule has 0 saturated heterocycles. The van der Waals surface area contributed by atoms with Crippen molar-refractivity contribution in [2.75, 3.05) is 18.0 Å². The van der Waals surface area contributed by atoms with Crippen molar-refractivity contribution in [2.45, 2.75) is 38.5 Å². The van der Waals surface area contributed by atoms with Gasteiger partial charge in [-0.2, -0.15) is 0 Å². The van der Waals surface area contributed by atoms with E-state index < -0.39 is 0 Å². The van der Waals surface area contributed by atoms with E-state index in [1.165, 1.54) is 18.4 Å². The SMILES string of the molecule is CCCNC(=O)c1ccc2c(c1)N(c1ncc(-c3cccc(C)n3)cn1)CC21CC1. The van der Waals surface area contributed by atoms with E-state index in [-0.39, 0.29) is 11.3 Å². The van der Waals surface area contributed by atoms with Crippen molar-refractivity contribution in [3.05, 3.63) is 65.6 Å². The Kier molecular flexibility index (Phi) is 4.50. The Hall–Kier alpha value is -3.28. The van der Waals surface area contributed by atoms with Crippen LogP contribution in [0.2, 0.25) is 0 Å². The van der Waals surface area contributed by atoms with Crippen molar-refractivity contribution in [1.29, 1.82) is 0 Å². The number of carbonyl (C=O) groups is 1. The van der Waals surface area contributed by atoms with Crippen molar-refractivity contribution in [1.82, 2.24) is 20.3 Å². The van der Waals surface area contributed by atoms with Crippen LogP contribution in [0.3, 0.4) is 0 Å². The van der Waals surface area contributed by atoms with Gasteiger partial charge in [0.15, 0.2) is 0 Å². The Morgan fingerprint density at radius 2 is 1.97 bits per heavy atom. The fourth-order valence-corrected chi connectivity index (χ4v) is 4.21. The summed E-state index contributed by atoms with van der Waals surface area (Å²) in [6, 6.07) is 12.0. The van der Waals surface area contributed by atoms with E-state index in [1.54, 1.807) is 0 Å². The highest BCUT2D eigenvalue weighted by Gasteiger charge is 2.52. The second kappa shape index (κ2) is 7.20. The van der Waals surface area contributed by atoms with Gasteiger partial charge in [-0.05, 0) is 56.0 Å². The van der Waals surface area contributed by atoms with Gasteiger partial charge in [0.05, 0.1) is 5.69 Å². The predicted molar refractivity (Wildman–Crippen MR) is 117 cm³/mol. The van der Waals surface area contributed by atoms with E-state index >= 15 is 0 Å². The molecule has 1 aliphatic heterocycles. The van der Waals surface area contributed by atoms with Crippen LogP contribution < -0.4 is 10.2 Å². The molecule has 0 bridgehead atoms. The molecule has 0 radical (unpaired) electrons. The number of aromatic nitrogens is 3. The minimum Gasteiger partial charge on any atom is -0.352 e. The summed E-state index contributed by atoms with van der Waals surface area (Å²) in [5, 5.41) is 2.97. The van der Waals surface area contributed by atoms with Gasteiger partial charge in [0.2, 0.25) is 5.95 Å². The van der Waals surface area contributed by atoms with E-state index in [0.717, 1.165) is 35.6 Å². The third kappa shape index (κ3) is 3.22. The number of nitrogens with one attached hydrogen (secondary N) is 1. The fourth-order valence-electron chi connectivity index (χ4n) is 4.21. The van der Waals surface area contributed by atoms with Crippen molar-refractivity contribution in [3.8, 4) is 11.3 Å². The van der Waals surface area contributed by atoms with Crippen LogP contribution >= 0.6 is 0 Å². The number of fused-ring (bicyclic) bond motifs is 2. The monoisotopic (exact) mass is 399 g/mol. The molecule has 2 aromatic heterocycles. The molecule has 0 atom stereocenters. The summed E-state index contributed by atoms with van der Waals surface area (Å²) >= 11 is 0. The maximum Gasteiger partial charge on any atom is 0.251 e. The van der Waals surface area contributed by atoms with Gasteiger partial charge in [-0.3, -0.25) is 9.78 Å². The van der Waals surface area contributed by atoms with E-state index in [9.17, 15) is 4.79 Å². The number of rotatable bonds is 5. The Labute approximate surface area is 176 Å². The first-order valence-corrected chi connectivity index (χ1v) is 10.6. The first kappa shape index (κ1) is 18.7. The lowest BCUT2D eigenvalue weighted by Gasteiger charge is -2.18. The Morgan fingerprint density at radius 1 is 1.17 bits per heavy atom. The zero-order chi connectivity index (χ0) is 20.7. The molecule has 6 heteroatoms. The van der Waals surface area contributed by atoms with Crippen molar-refractivity contribution in [3.63, 3.8) is 0 Å². The maximum atomic E-state index is 12.5. The summed E-state index contributed by atoms with van der Waals surface area (Å²) in [5.41, 5.74) is 5.97. The van der Waals surface area contributed by atoms with Gasteiger partial charge in [0.1, 0.15) is 0 Å². The molecule has 5 rings (SSSR count). The topological polar surface area (TPSA) is 71.0 Å². The number of amides is 1. The Morgan fingerprint density at radius 3 is 2.67 bits per heavy atom. The second-order valence-corrected chi connectivity index (χ2v) is 8.29. The summed E-state index contributed by atoms with van der Waals surface area (Å²) in [6.45, 7) is 5.57. The van der Waals surface area contributed by atoms with E-state index in [4.69, 9.17) is 0 Å². The number of benzene rings is 1. The van der Waals surface area contributed by atoms with E-state index in [0.29, 0.717) is 18.1 Å². The zero-order valence-corrected chi connectivity index (χ0v) is 17.4. The van der Waals surface area contributed by atoms with Crippen LogP contribution in [0.15, 0.2) is 48.8 Å². The van der Waals surface area contributed by atoms with Gasteiger partial charge in [0, 0.05) is 53.4 Å². The Balaban J connectivity index is 1.47. The molecule has 1 N–H and O–H groups in total. The minimum atomic E-state index is -0.0295. The minimum absolute atomic E-state index is 0.0295. The van der Waals surface area contributed by atoms with Crippen LogP contribution in [-0.2, 0) is 5.41 Å². The lowest BCUT2D eigenvalue weighted by atomic mass is 9.97. The summed E-state index contributed by atoms with van der Waals surface area (Å²) in [5.74, 6) is 0.640. The van der Waals surface area contributed by atoms with Crippen LogP contribution in [0.5, 0.6) is 0 Å². The molecular formula is C24H25N5O. The first-order chi connectivity index (χ1) is 14.6. The molecule has 6 nitrogen and oxygen atoms in total. The number of hydrogen-bond acceptors (Lipinski definition) is 5. The average molecular weight is 399 g/mol. The second-order valence-electron chi connectivity index (χ2n) is 8.29. The summed E-state index contributed by atoms with van der Waals surface area (Å²) in [4.78, 5) is 28.5. The number of aryl methyl sites for hydroxylation is 1. The summed E-state index contributed by atoms with van der Waals surface area (Å²) < 4.78 is 0. The smallest absolute Gasteiger partial charge is 0.251 e. The highest BCUT2D eigenvalue weighted by atomic mass is 16.1. The third-order valence-electron chi connectivity index (χ3n) is 6.04. The van der Waals surface area contributed by atoms with Crippen LogP contribution in [0, 0.1) is 6.92 Å². The highest BCUT2D eigenvalue weighted by molar-refractivity contribution is 5.96. The van der Waals surface area contributed by atoms with Gasteiger partial charge in [-0.15, -0.1) is 0 Å². The number of pyridine rings is 1. The molecule has 3 heterocycles. The van der Waals surface area contributed by atoms with Crippen molar-refractivity contribution in [2.24, 2.45) is 0 Å². The molecule has 30 heavy (non-hydrogen) atoms. The van der Waals surface area contributed by atoms with Crippen LogP contribution in [0.1, 0.15) is 47.8 Å². The van der Waals surface area contributed by atoms with Gasteiger partial charge >= 0.3 is 0 Å². The normalized spacial score (nSPS) is 15.9. The lowest BCUT2D eigenvalue weighted by molar-refractivity contribution is 0.0953. The van der Waals surface area contributed by atoms with Crippen LogP contribution in [0.4, 0.5) is 11.6 Å². The van der Waals surface area contributed by atoms with E-state index in [2.05, 4.69) is 38.2 Å². The summed E-state index contributed by atoms with van der Waals surface area (Å²) in [7, 11) is 0. The number of hydrogen-bond donors (Lipinski definition) is 1. The molecule has 1 aromatic carbocycles. The largest absolute Gasteiger partial charge is 0.352 e. The standard InChI is InChI=1S/C24H25N5O/c1-3-11-25-22(30)17-7-8-19-21(12-17)29(15-24(19)9-10-24)23-26-13-18(14-27-23)20-6-4-5-16(2)28-20/h4-8,12-14H,3,9-11,15H2,1-2H3,(H,25,30). The molecular weight excluding hydrogens is 374 g/mol. The molecule has 1 amide bonds. The molecule has 1 aliphatic carbocycles. The van der Waals surface area contributed by atoms with Gasteiger partial charge in [-0.25, -0.2) is 9.97 Å². The summed E-state index contributed by atoms with van der Waals surface area (Å²) in [6.07, 6.45) is 6.92. The molecule has 1 saturated carbocycles. The first-order valence-electron chi connectivity index (χ1n) is 10.6. The zero-order valence-electron chi connectivity index (χ0n) is 17.4. The molecule has 0 unspecified atom stereocenters. The average Bonchev–Trinajstić information content (AvgIpc) is 3.48. The maximum absolute atomic E-state index is 12.5. The number of nitrogens with zero attached hydrogens (tertiary/aromatic N) is 4. The third-order valence-corrected chi connectivity index (χ3v) is 6.04. The predicted octanol–water partition coefficient (Wildman–Crippen LogP) is 4.17. The van der Waals surface area contributed by atoms with Gasteiger partial charge in [-0.1, -0.05) is 19.1 Å².